The first-order valence-electron chi connectivity index (χ1n) is 10.4. The molecule has 1 aliphatic heterocycles. The van der Waals surface area contributed by atoms with Crippen LogP contribution in [0.3, 0.4) is 0 Å². The Morgan fingerprint density at radius 3 is 2.65 bits per heavy atom. The molecule has 3 aliphatic rings. The smallest absolute Gasteiger partial charge is 0.329 e. The Morgan fingerprint density at radius 2 is 1.97 bits per heavy atom. The van der Waals surface area contributed by atoms with Crippen molar-refractivity contribution >= 4 is 22.3 Å². The zero-order chi connectivity index (χ0) is 22.2. The highest BCUT2D eigenvalue weighted by Crippen LogP contribution is 2.44. The number of nitrogens with two attached hydrogens (primary N) is 1. The van der Waals surface area contributed by atoms with E-state index in [1.807, 2.05) is 0 Å². The zero-order valence-corrected chi connectivity index (χ0v) is 16.9. The summed E-state index contributed by atoms with van der Waals surface area (Å²) in [7, 11) is 0. The zero-order valence-electron chi connectivity index (χ0n) is 16.9. The van der Waals surface area contributed by atoms with Gasteiger partial charge >= 0.3 is 5.69 Å². The van der Waals surface area contributed by atoms with E-state index in [1.54, 1.807) is 17.9 Å². The van der Waals surface area contributed by atoms with Gasteiger partial charge in [-0.1, -0.05) is 12.2 Å². The second-order valence-corrected chi connectivity index (χ2v) is 8.86. The second kappa shape index (κ2) is 6.62. The van der Waals surface area contributed by atoms with Gasteiger partial charge < -0.3 is 15.7 Å². The van der Waals surface area contributed by atoms with Crippen LogP contribution in [0, 0.1) is 24.6 Å². The number of nitrogens with zero attached hydrogens (tertiary/aromatic N) is 2. The monoisotopic (exact) mass is 436 g/mol. The fourth-order valence-electron chi connectivity index (χ4n) is 5.15. The Labute approximate surface area is 175 Å². The van der Waals surface area contributed by atoms with Gasteiger partial charge in [0.15, 0.2) is 5.82 Å². The van der Waals surface area contributed by atoms with Gasteiger partial charge in [-0.3, -0.25) is 14.3 Å². The van der Waals surface area contributed by atoms with Crippen LogP contribution >= 0.6 is 0 Å². The van der Waals surface area contributed by atoms with Crippen LogP contribution in [0.2, 0.25) is 0 Å². The summed E-state index contributed by atoms with van der Waals surface area (Å²) >= 11 is 0. The second-order valence-electron chi connectivity index (χ2n) is 8.86. The van der Waals surface area contributed by atoms with Crippen molar-refractivity contribution in [1.29, 1.82) is 0 Å². The van der Waals surface area contributed by atoms with E-state index in [-0.39, 0.29) is 47.3 Å². The maximum absolute atomic E-state index is 15.4. The topological polar surface area (TPSA) is 104 Å². The number of halogens is 3. The molecule has 1 saturated carbocycles. The van der Waals surface area contributed by atoms with Crippen molar-refractivity contribution in [2.45, 2.75) is 44.3 Å². The van der Waals surface area contributed by atoms with E-state index in [0.717, 1.165) is 12.8 Å². The molecular weight excluding hydrogens is 413 g/mol. The first-order chi connectivity index (χ1) is 14.6. The summed E-state index contributed by atoms with van der Waals surface area (Å²) in [4.78, 5) is 28.8. The third-order valence-electron chi connectivity index (χ3n) is 6.82. The van der Waals surface area contributed by atoms with E-state index in [1.165, 1.54) is 10.6 Å². The molecule has 0 spiro atoms. The van der Waals surface area contributed by atoms with Crippen LogP contribution in [0.4, 0.5) is 24.5 Å². The predicted octanol–water partition coefficient (Wildman–Crippen LogP) is 2.06. The summed E-state index contributed by atoms with van der Waals surface area (Å²) in [5, 5.41) is 10.2. The molecule has 0 bridgehead atoms. The van der Waals surface area contributed by atoms with E-state index in [9.17, 15) is 23.5 Å². The average Bonchev–Trinajstić information content (AvgIpc) is 3.46. The summed E-state index contributed by atoms with van der Waals surface area (Å²) in [5.41, 5.74) is 5.03. The minimum Gasteiger partial charge on any atom is -0.396 e. The van der Waals surface area contributed by atoms with E-state index in [2.05, 4.69) is 4.98 Å². The van der Waals surface area contributed by atoms with Gasteiger partial charge in [-0.15, -0.1) is 0 Å². The molecule has 4 N–H and O–H groups in total. The summed E-state index contributed by atoms with van der Waals surface area (Å²) in [6, 6.07) is -0.101. The molecule has 7 nitrogen and oxygen atoms in total. The standard InChI is InChI=1S/C21H23F3N4O3/c1-9-16-13(19(30)26-20(31)28(16)11-4-5-11)15(25)14(22)17(9)27-7-10-3-2-6-21(23,24)18(29)12(10)8-27/h2-3,10-12,18,29H,4-8,25H2,1H3,(H,26,30,31). The first kappa shape index (κ1) is 20.2. The number of aromatic nitrogens is 2. The number of hydrogen-bond acceptors (Lipinski definition) is 5. The number of fused-ring (bicyclic) bond motifs is 2. The molecule has 1 saturated heterocycles. The molecule has 2 aliphatic carbocycles. The van der Waals surface area contributed by atoms with Gasteiger partial charge in [0.25, 0.3) is 11.5 Å². The van der Waals surface area contributed by atoms with E-state index < -0.39 is 41.4 Å². The molecule has 5 rings (SSSR count). The number of nitrogens with one attached hydrogen (secondary N) is 1. The number of aryl methyl sites for hydroxylation is 1. The maximum Gasteiger partial charge on any atom is 0.329 e. The number of rotatable bonds is 2. The average molecular weight is 436 g/mol. The van der Waals surface area contributed by atoms with Crippen molar-refractivity contribution in [3.63, 3.8) is 0 Å². The Morgan fingerprint density at radius 1 is 1.26 bits per heavy atom. The van der Waals surface area contributed by atoms with Crippen LogP contribution in [-0.2, 0) is 0 Å². The lowest BCUT2D eigenvalue weighted by molar-refractivity contribution is -0.127. The number of H-pyrrole nitrogens is 1. The fraction of sp³-hybridized carbons (Fsp3) is 0.524. The minimum absolute atomic E-state index is 0.00528. The van der Waals surface area contributed by atoms with Gasteiger partial charge in [-0.2, -0.15) is 0 Å². The van der Waals surface area contributed by atoms with Crippen LogP contribution in [0.1, 0.15) is 30.9 Å². The summed E-state index contributed by atoms with van der Waals surface area (Å²) in [6.07, 6.45) is 2.14. The van der Waals surface area contributed by atoms with Crippen LogP contribution in [0.25, 0.3) is 10.9 Å². The molecule has 2 fully saturated rings. The highest BCUT2D eigenvalue weighted by atomic mass is 19.3. The molecule has 1 aromatic carbocycles. The Bertz CT molecular complexity index is 1230. The van der Waals surface area contributed by atoms with Gasteiger partial charge in [0.05, 0.1) is 22.3 Å². The van der Waals surface area contributed by atoms with Crippen molar-refractivity contribution in [2.24, 2.45) is 11.8 Å². The number of hydrogen-bond donors (Lipinski definition) is 3. The minimum atomic E-state index is -3.26. The molecule has 3 unspecified atom stereocenters. The molecule has 166 valence electrons. The largest absolute Gasteiger partial charge is 0.396 e. The highest BCUT2D eigenvalue weighted by Gasteiger charge is 2.50. The molecule has 2 heterocycles. The number of alkyl halides is 2. The Hall–Kier alpha value is -2.75. The molecule has 2 aromatic rings. The van der Waals surface area contributed by atoms with Crippen LogP contribution in [-0.4, -0.2) is 39.8 Å². The molecule has 1 aromatic heterocycles. The van der Waals surface area contributed by atoms with Crippen LogP contribution in [0.15, 0.2) is 21.7 Å². The summed E-state index contributed by atoms with van der Waals surface area (Å²) in [6.45, 7) is 1.83. The molecule has 0 amide bonds. The number of aliphatic hydroxyl groups excluding tert-OH is 1. The molecule has 3 atom stereocenters. The predicted molar refractivity (Wildman–Crippen MR) is 110 cm³/mol. The first-order valence-corrected chi connectivity index (χ1v) is 10.4. The molecule has 31 heavy (non-hydrogen) atoms. The van der Waals surface area contributed by atoms with Crippen LogP contribution < -0.4 is 21.9 Å². The van der Waals surface area contributed by atoms with Gasteiger partial charge in [0.2, 0.25) is 0 Å². The summed E-state index contributed by atoms with van der Waals surface area (Å²) in [5.74, 6) is -5.25. The normalized spacial score (nSPS) is 27.5. The Balaban J connectivity index is 1.69. The SMILES string of the molecule is Cc1c(N2CC3C=CCC(F)(F)C(O)C3C2)c(F)c(N)c2c(=O)[nH]c(=O)n(C3CC3)c12. The van der Waals surface area contributed by atoms with Crippen molar-refractivity contribution in [3.8, 4) is 0 Å². The highest BCUT2D eigenvalue weighted by molar-refractivity contribution is 5.97. The van der Waals surface area contributed by atoms with E-state index in [0.29, 0.717) is 5.56 Å². The van der Waals surface area contributed by atoms with Gasteiger partial charge in [0.1, 0.15) is 6.10 Å². The molecule has 0 radical (unpaired) electrons. The number of benzene rings is 1. The van der Waals surface area contributed by atoms with Crippen molar-refractivity contribution < 1.29 is 18.3 Å². The van der Waals surface area contributed by atoms with Gasteiger partial charge in [-0.25, -0.2) is 18.0 Å². The lowest BCUT2D eigenvalue weighted by Crippen LogP contribution is -2.41. The molecular formula is C21H23F3N4O3. The number of anilines is 2. The van der Waals surface area contributed by atoms with E-state index in [4.69, 9.17) is 5.73 Å². The number of nitrogen functional groups attached to an aromatic ring is 1. The summed E-state index contributed by atoms with van der Waals surface area (Å²) < 4.78 is 45.3. The van der Waals surface area contributed by atoms with E-state index >= 15 is 4.39 Å². The number of allylic oxidation sites excluding steroid dienone is 1. The maximum atomic E-state index is 15.4. The van der Waals surface area contributed by atoms with Crippen molar-refractivity contribution in [3.05, 3.63) is 44.4 Å². The van der Waals surface area contributed by atoms with Crippen molar-refractivity contribution in [2.75, 3.05) is 23.7 Å². The van der Waals surface area contributed by atoms with Crippen LogP contribution in [0.5, 0.6) is 0 Å². The number of aromatic amines is 1. The fourth-order valence-corrected chi connectivity index (χ4v) is 5.15. The number of aliphatic hydroxyl groups is 1. The van der Waals surface area contributed by atoms with Gasteiger partial charge in [-0.05, 0) is 19.8 Å². The lowest BCUT2D eigenvalue weighted by Gasteiger charge is -2.28. The lowest BCUT2D eigenvalue weighted by atomic mass is 9.89. The van der Waals surface area contributed by atoms with Gasteiger partial charge in [0, 0.05) is 43.0 Å². The third-order valence-corrected chi connectivity index (χ3v) is 6.82. The van der Waals surface area contributed by atoms with Crippen molar-refractivity contribution in [1.82, 2.24) is 9.55 Å². The quantitative estimate of drug-likeness (QED) is 0.494. The molecule has 10 heteroatoms. The Kier molecular flexibility index (Phi) is 4.31. The third kappa shape index (κ3) is 2.91.